The second-order valence-electron chi connectivity index (χ2n) is 5.52. The first-order chi connectivity index (χ1) is 9.27. The molecule has 1 aromatic heterocycles. The molecule has 2 rings (SSSR count). The van der Waals surface area contributed by atoms with E-state index >= 15 is 0 Å². The van der Waals surface area contributed by atoms with E-state index < -0.39 is 24.3 Å². The fourth-order valence-electron chi connectivity index (χ4n) is 1.71. The summed E-state index contributed by atoms with van der Waals surface area (Å²) in [6.45, 7) is 7.54. The smallest absolute Gasteiger partial charge is 0.445 e. The zero-order valence-electron chi connectivity index (χ0n) is 12.0. The number of aromatic nitrogens is 2. The highest BCUT2D eigenvalue weighted by Gasteiger charge is 2.52. The number of ether oxygens (including phenoxy) is 1. The maximum atomic E-state index is 11.6. The fourth-order valence-corrected chi connectivity index (χ4v) is 1.71. The van der Waals surface area contributed by atoms with Crippen molar-refractivity contribution >= 4 is 18.7 Å². The molecule has 0 bridgehead atoms. The molecular formula is C12H18BN3O4. The summed E-state index contributed by atoms with van der Waals surface area (Å²) in [5, 5.41) is 0. The monoisotopic (exact) mass is 279 g/mol. The van der Waals surface area contributed by atoms with E-state index in [4.69, 9.17) is 15.0 Å². The Morgan fingerprint density at radius 3 is 2.45 bits per heavy atom. The van der Waals surface area contributed by atoms with Crippen molar-refractivity contribution in [1.82, 2.24) is 9.97 Å². The topological polar surface area (TPSA) is 96.6 Å². The second kappa shape index (κ2) is 5.12. The molecule has 7 nitrogen and oxygen atoms in total. The van der Waals surface area contributed by atoms with Gasteiger partial charge in [0.15, 0.2) is 5.69 Å². The molecule has 1 fully saturated rings. The Morgan fingerprint density at radius 2 is 1.90 bits per heavy atom. The van der Waals surface area contributed by atoms with Gasteiger partial charge in [0.05, 0.1) is 23.0 Å². The first-order valence-corrected chi connectivity index (χ1v) is 6.31. The molecule has 0 unspecified atom stereocenters. The van der Waals surface area contributed by atoms with Crippen molar-refractivity contribution in [3.63, 3.8) is 0 Å². The van der Waals surface area contributed by atoms with Gasteiger partial charge >= 0.3 is 13.1 Å². The van der Waals surface area contributed by atoms with Crippen molar-refractivity contribution in [3.05, 3.63) is 18.1 Å². The number of carbonyl (C=O) groups is 1. The van der Waals surface area contributed by atoms with Crippen LogP contribution in [0.15, 0.2) is 12.4 Å². The molecule has 2 heterocycles. The molecule has 1 aliphatic rings. The normalized spacial score (nSPS) is 19.9. The predicted molar refractivity (Wildman–Crippen MR) is 72.2 cm³/mol. The summed E-state index contributed by atoms with van der Waals surface area (Å²) in [4.78, 5) is 19.7. The van der Waals surface area contributed by atoms with Crippen LogP contribution in [0.25, 0.3) is 0 Å². The SMILES string of the molecule is CC1(C)OB(c2cncc(C(=O)OCN)n2)OC1(C)C. The quantitative estimate of drug-likeness (QED) is 0.467. The molecule has 0 aromatic carbocycles. The lowest BCUT2D eigenvalue weighted by atomic mass is 9.85. The molecule has 0 aliphatic carbocycles. The van der Waals surface area contributed by atoms with Gasteiger partial charge in [-0.1, -0.05) is 0 Å². The van der Waals surface area contributed by atoms with Gasteiger partial charge in [0.25, 0.3) is 0 Å². The number of hydrogen-bond acceptors (Lipinski definition) is 7. The van der Waals surface area contributed by atoms with Crippen LogP contribution in [-0.2, 0) is 14.0 Å². The predicted octanol–water partition coefficient (Wildman–Crippen LogP) is -0.151. The highest BCUT2D eigenvalue weighted by Crippen LogP contribution is 2.36. The van der Waals surface area contributed by atoms with Crippen LogP contribution in [-0.4, -0.2) is 41.0 Å². The molecule has 2 N–H and O–H groups in total. The maximum absolute atomic E-state index is 11.6. The number of rotatable bonds is 3. The van der Waals surface area contributed by atoms with E-state index in [1.54, 1.807) is 0 Å². The van der Waals surface area contributed by atoms with Crippen LogP contribution < -0.4 is 11.3 Å². The third-order valence-corrected chi connectivity index (χ3v) is 3.57. The Balaban J connectivity index is 2.23. The lowest BCUT2D eigenvalue weighted by molar-refractivity contribution is 0.00578. The van der Waals surface area contributed by atoms with E-state index in [-0.39, 0.29) is 12.4 Å². The molecule has 1 aromatic rings. The average Bonchev–Trinajstić information content (AvgIpc) is 2.59. The van der Waals surface area contributed by atoms with Crippen molar-refractivity contribution < 1.29 is 18.8 Å². The Bertz CT molecular complexity index is 505. The second-order valence-corrected chi connectivity index (χ2v) is 5.52. The lowest BCUT2D eigenvalue weighted by Crippen LogP contribution is -2.41. The zero-order valence-corrected chi connectivity index (χ0v) is 12.0. The van der Waals surface area contributed by atoms with Crippen molar-refractivity contribution in [2.45, 2.75) is 38.9 Å². The summed E-state index contributed by atoms with van der Waals surface area (Å²) < 4.78 is 16.4. The van der Waals surface area contributed by atoms with E-state index in [2.05, 4.69) is 14.7 Å². The molecule has 8 heteroatoms. The summed E-state index contributed by atoms with van der Waals surface area (Å²) >= 11 is 0. The van der Waals surface area contributed by atoms with E-state index in [0.29, 0.717) is 5.59 Å². The van der Waals surface area contributed by atoms with Gasteiger partial charge in [-0.3, -0.25) is 10.7 Å². The van der Waals surface area contributed by atoms with Gasteiger partial charge in [0.1, 0.15) is 6.73 Å². The number of carbonyl (C=O) groups excluding carboxylic acids is 1. The molecule has 0 atom stereocenters. The Labute approximate surface area is 118 Å². The number of nitrogens with two attached hydrogens (primary N) is 1. The largest absolute Gasteiger partial charge is 0.516 e. The van der Waals surface area contributed by atoms with Gasteiger partial charge in [-0.25, -0.2) is 9.78 Å². The van der Waals surface area contributed by atoms with Crippen LogP contribution in [0.5, 0.6) is 0 Å². The van der Waals surface area contributed by atoms with E-state index in [1.165, 1.54) is 12.4 Å². The van der Waals surface area contributed by atoms with Gasteiger partial charge < -0.3 is 14.0 Å². The van der Waals surface area contributed by atoms with Crippen molar-refractivity contribution in [3.8, 4) is 0 Å². The summed E-state index contributed by atoms with van der Waals surface area (Å²) in [6.07, 6.45) is 2.81. The average molecular weight is 279 g/mol. The molecule has 0 radical (unpaired) electrons. The van der Waals surface area contributed by atoms with Gasteiger partial charge in [0, 0.05) is 6.20 Å². The first-order valence-electron chi connectivity index (χ1n) is 6.31. The minimum atomic E-state index is -0.668. The summed E-state index contributed by atoms with van der Waals surface area (Å²) in [7, 11) is -0.668. The Kier molecular flexibility index (Phi) is 3.81. The van der Waals surface area contributed by atoms with Crippen molar-refractivity contribution in [1.29, 1.82) is 0 Å². The van der Waals surface area contributed by atoms with Gasteiger partial charge in [0.2, 0.25) is 0 Å². The third-order valence-electron chi connectivity index (χ3n) is 3.57. The number of esters is 1. The molecule has 1 saturated heterocycles. The molecule has 0 saturated carbocycles. The van der Waals surface area contributed by atoms with Gasteiger partial charge in [-0.15, -0.1) is 0 Å². The highest BCUT2D eigenvalue weighted by atomic mass is 16.7. The Hall–Kier alpha value is -1.51. The third kappa shape index (κ3) is 2.67. The van der Waals surface area contributed by atoms with Gasteiger partial charge in [-0.05, 0) is 27.7 Å². The highest BCUT2D eigenvalue weighted by molar-refractivity contribution is 6.61. The summed E-state index contributed by atoms with van der Waals surface area (Å²) in [6, 6.07) is 0. The molecule has 108 valence electrons. The minimum absolute atomic E-state index is 0.0719. The summed E-state index contributed by atoms with van der Waals surface area (Å²) in [5.74, 6) is -0.627. The first kappa shape index (κ1) is 14.9. The van der Waals surface area contributed by atoms with Crippen LogP contribution in [0.4, 0.5) is 0 Å². The molecule has 1 aliphatic heterocycles. The van der Waals surface area contributed by atoms with Crippen LogP contribution in [0.3, 0.4) is 0 Å². The van der Waals surface area contributed by atoms with Crippen LogP contribution in [0.1, 0.15) is 38.2 Å². The lowest BCUT2D eigenvalue weighted by Gasteiger charge is -2.32. The van der Waals surface area contributed by atoms with Crippen LogP contribution in [0, 0.1) is 0 Å². The van der Waals surface area contributed by atoms with E-state index in [0.717, 1.165) is 0 Å². The molecule has 20 heavy (non-hydrogen) atoms. The van der Waals surface area contributed by atoms with Crippen molar-refractivity contribution in [2.75, 3.05) is 6.73 Å². The molecular weight excluding hydrogens is 261 g/mol. The molecule has 0 amide bonds. The van der Waals surface area contributed by atoms with Crippen LogP contribution in [0.2, 0.25) is 0 Å². The fraction of sp³-hybridized carbons (Fsp3) is 0.583. The Morgan fingerprint density at radius 1 is 1.30 bits per heavy atom. The number of nitrogens with zero attached hydrogens (tertiary/aromatic N) is 2. The standard InChI is InChI=1S/C12H18BN3O4/c1-11(2)12(3,4)20-13(19-11)9-6-15-5-8(16-9)10(17)18-7-14/h5-6H,7,14H2,1-4H3. The minimum Gasteiger partial charge on any atom is -0.445 e. The molecule has 0 spiro atoms. The van der Waals surface area contributed by atoms with Gasteiger partial charge in [-0.2, -0.15) is 0 Å². The maximum Gasteiger partial charge on any atom is 0.516 e. The van der Waals surface area contributed by atoms with Crippen molar-refractivity contribution in [2.24, 2.45) is 5.73 Å². The zero-order chi connectivity index (χ0) is 15.0. The summed E-state index contributed by atoms with van der Waals surface area (Å²) in [5.41, 5.74) is 4.70. The van der Waals surface area contributed by atoms with E-state index in [1.807, 2.05) is 27.7 Å². The van der Waals surface area contributed by atoms with Crippen LogP contribution >= 0.6 is 0 Å². The number of hydrogen-bond donors (Lipinski definition) is 1. The van der Waals surface area contributed by atoms with E-state index in [9.17, 15) is 4.79 Å².